The van der Waals surface area contributed by atoms with Gasteiger partial charge in [-0.2, -0.15) is 0 Å². The monoisotopic (exact) mass is 355 g/mol. The van der Waals surface area contributed by atoms with Crippen LogP contribution in [-0.2, 0) is 36.8 Å². The fraction of sp³-hybridized carbons (Fsp3) is 0.562. The molecule has 1 amide bonds. The maximum atomic E-state index is 12.4. The Morgan fingerprint density at radius 2 is 1.88 bits per heavy atom. The van der Waals surface area contributed by atoms with Crippen LogP contribution in [0.3, 0.4) is 0 Å². The van der Waals surface area contributed by atoms with Crippen LogP contribution in [0.5, 0.6) is 0 Å². The van der Waals surface area contributed by atoms with Crippen LogP contribution in [0.1, 0.15) is 48.5 Å². The number of carbonyl (C=O) groups excluding carboxylic acids is 3. The minimum atomic E-state index is -0.990. The average molecular weight is 355 g/mol. The number of hydrogen-bond acceptors (Lipinski definition) is 7. The summed E-state index contributed by atoms with van der Waals surface area (Å²) in [6, 6.07) is 0. The molecule has 1 aromatic rings. The van der Waals surface area contributed by atoms with Crippen molar-refractivity contribution in [2.45, 2.75) is 46.3 Å². The molecule has 0 radical (unpaired) electrons. The molecular formula is C16H21NO6S. The summed E-state index contributed by atoms with van der Waals surface area (Å²) >= 11 is 1.22. The van der Waals surface area contributed by atoms with Gasteiger partial charge >= 0.3 is 17.8 Å². The summed E-state index contributed by atoms with van der Waals surface area (Å²) in [5.41, 5.74) is 0.678. The molecule has 1 aromatic heterocycles. The van der Waals surface area contributed by atoms with Crippen molar-refractivity contribution in [2.24, 2.45) is 0 Å². The van der Waals surface area contributed by atoms with E-state index in [-0.39, 0.29) is 18.2 Å². The predicted molar refractivity (Wildman–Crippen MR) is 88.1 cm³/mol. The van der Waals surface area contributed by atoms with Gasteiger partial charge in [-0.1, -0.05) is 0 Å². The van der Waals surface area contributed by atoms with Crippen LogP contribution in [0.4, 0.5) is 5.00 Å². The molecule has 0 aromatic carbocycles. The molecule has 0 atom stereocenters. The second-order valence-electron chi connectivity index (χ2n) is 5.83. The van der Waals surface area contributed by atoms with Gasteiger partial charge in [0.1, 0.15) is 5.00 Å². The van der Waals surface area contributed by atoms with Crippen molar-refractivity contribution in [1.82, 2.24) is 0 Å². The minimum Gasteiger partial charge on any atom is -0.462 e. The summed E-state index contributed by atoms with van der Waals surface area (Å²) in [7, 11) is 0. The fourth-order valence-corrected chi connectivity index (χ4v) is 3.53. The van der Waals surface area contributed by atoms with E-state index >= 15 is 0 Å². The summed E-state index contributed by atoms with van der Waals surface area (Å²) in [6.07, 6.45) is 0.516. The predicted octanol–water partition coefficient (Wildman–Crippen LogP) is 2.28. The minimum absolute atomic E-state index is 0.0972. The third-order valence-electron chi connectivity index (χ3n) is 3.45. The molecule has 2 rings (SSSR count). The Hall–Kier alpha value is -1.93. The number of nitrogens with one attached hydrogen (secondary N) is 1. The first-order valence-corrected chi connectivity index (χ1v) is 8.54. The molecule has 0 aliphatic carbocycles. The van der Waals surface area contributed by atoms with E-state index in [0.717, 1.165) is 10.4 Å². The number of ether oxygens (including phenoxy) is 3. The van der Waals surface area contributed by atoms with E-state index in [2.05, 4.69) is 10.1 Å². The van der Waals surface area contributed by atoms with Gasteiger partial charge in [0, 0.05) is 11.3 Å². The van der Waals surface area contributed by atoms with Gasteiger partial charge in [-0.25, -0.2) is 9.59 Å². The van der Waals surface area contributed by atoms with Crippen LogP contribution in [0.2, 0.25) is 0 Å². The van der Waals surface area contributed by atoms with E-state index in [1.54, 1.807) is 13.8 Å². The van der Waals surface area contributed by atoms with Crippen molar-refractivity contribution in [1.29, 1.82) is 0 Å². The van der Waals surface area contributed by atoms with Crippen molar-refractivity contribution < 1.29 is 28.6 Å². The molecule has 24 heavy (non-hydrogen) atoms. The lowest BCUT2D eigenvalue weighted by molar-refractivity contribution is -0.152. The Morgan fingerprint density at radius 3 is 2.50 bits per heavy atom. The van der Waals surface area contributed by atoms with E-state index in [1.165, 1.54) is 11.3 Å². The van der Waals surface area contributed by atoms with Crippen LogP contribution in [-0.4, -0.2) is 36.7 Å². The van der Waals surface area contributed by atoms with Crippen molar-refractivity contribution in [3.63, 3.8) is 0 Å². The second kappa shape index (κ2) is 7.31. The highest BCUT2D eigenvalue weighted by Gasteiger charge is 2.35. The van der Waals surface area contributed by atoms with Crippen molar-refractivity contribution >= 4 is 34.2 Å². The van der Waals surface area contributed by atoms with Crippen LogP contribution in [0.15, 0.2) is 0 Å². The van der Waals surface area contributed by atoms with Gasteiger partial charge in [-0.05, 0) is 33.3 Å². The number of esters is 2. The summed E-state index contributed by atoms with van der Waals surface area (Å²) in [5.74, 6) is -2.43. The Bertz CT molecular complexity index is 664. The zero-order valence-electron chi connectivity index (χ0n) is 14.2. The van der Waals surface area contributed by atoms with Crippen LogP contribution >= 0.6 is 11.3 Å². The highest BCUT2D eigenvalue weighted by Crippen LogP contribution is 2.40. The second-order valence-corrected chi connectivity index (χ2v) is 6.93. The number of carbonyl (C=O) groups is 3. The first-order chi connectivity index (χ1) is 11.3. The molecule has 2 heterocycles. The van der Waals surface area contributed by atoms with Crippen LogP contribution in [0.25, 0.3) is 0 Å². The molecule has 0 saturated carbocycles. The third kappa shape index (κ3) is 3.93. The molecule has 0 spiro atoms. The largest absolute Gasteiger partial charge is 0.462 e. The lowest BCUT2D eigenvalue weighted by Gasteiger charge is -2.30. The van der Waals surface area contributed by atoms with Gasteiger partial charge in [-0.15, -0.1) is 11.3 Å². The highest BCUT2D eigenvalue weighted by atomic mass is 32.1. The molecule has 8 heteroatoms. The fourth-order valence-electron chi connectivity index (χ4n) is 2.41. The van der Waals surface area contributed by atoms with Crippen LogP contribution < -0.4 is 5.32 Å². The molecule has 1 aliphatic rings. The molecule has 132 valence electrons. The van der Waals surface area contributed by atoms with Crippen molar-refractivity contribution in [3.05, 3.63) is 16.0 Å². The van der Waals surface area contributed by atoms with Gasteiger partial charge < -0.3 is 19.5 Å². The standard InChI is InChI=1S/C16H21NO6S/c1-5-21-14(19)11-9-7-16(3,4)23-8-10(9)24-13(11)17-12(18)15(20)22-6-2/h5-8H2,1-4H3,(H,17,18). The zero-order valence-corrected chi connectivity index (χ0v) is 15.0. The molecule has 0 bridgehead atoms. The topological polar surface area (TPSA) is 90.9 Å². The first-order valence-electron chi connectivity index (χ1n) is 7.72. The Labute approximate surface area is 144 Å². The van der Waals surface area contributed by atoms with E-state index in [1.807, 2.05) is 13.8 Å². The normalized spacial score (nSPS) is 15.3. The molecule has 0 fully saturated rings. The van der Waals surface area contributed by atoms with Crippen molar-refractivity contribution in [3.8, 4) is 0 Å². The molecule has 0 unspecified atom stereocenters. The Kier molecular flexibility index (Phi) is 5.61. The first kappa shape index (κ1) is 18.4. The average Bonchev–Trinajstić information content (AvgIpc) is 2.83. The third-order valence-corrected chi connectivity index (χ3v) is 4.58. The molecular weight excluding hydrogens is 334 g/mol. The SMILES string of the molecule is CCOC(=O)C(=O)Nc1sc2c(c1C(=O)OCC)CC(C)(C)OC2. The number of thiophene rings is 1. The summed E-state index contributed by atoms with van der Waals surface area (Å²) in [4.78, 5) is 36.6. The zero-order chi connectivity index (χ0) is 17.9. The maximum Gasteiger partial charge on any atom is 0.397 e. The summed E-state index contributed by atoms with van der Waals surface area (Å²) in [5, 5.41) is 2.76. The van der Waals surface area contributed by atoms with Gasteiger partial charge in [-0.3, -0.25) is 4.79 Å². The van der Waals surface area contributed by atoms with Crippen molar-refractivity contribution in [2.75, 3.05) is 18.5 Å². The van der Waals surface area contributed by atoms with Crippen LogP contribution in [0, 0.1) is 0 Å². The van der Waals surface area contributed by atoms with Gasteiger partial charge in [0.05, 0.1) is 31.0 Å². The van der Waals surface area contributed by atoms with E-state index < -0.39 is 23.4 Å². The number of fused-ring (bicyclic) bond motifs is 1. The highest BCUT2D eigenvalue weighted by molar-refractivity contribution is 7.17. The smallest absolute Gasteiger partial charge is 0.397 e. The molecule has 0 saturated heterocycles. The summed E-state index contributed by atoms with van der Waals surface area (Å²) < 4.78 is 15.5. The Morgan fingerprint density at radius 1 is 1.21 bits per heavy atom. The number of rotatable bonds is 4. The van der Waals surface area contributed by atoms with E-state index in [4.69, 9.17) is 9.47 Å². The maximum absolute atomic E-state index is 12.4. The van der Waals surface area contributed by atoms with E-state index in [9.17, 15) is 14.4 Å². The number of hydrogen-bond donors (Lipinski definition) is 1. The lowest BCUT2D eigenvalue weighted by Crippen LogP contribution is -2.32. The summed E-state index contributed by atoms with van der Waals surface area (Å²) in [6.45, 7) is 7.83. The number of amides is 1. The van der Waals surface area contributed by atoms with Gasteiger partial charge in [0.15, 0.2) is 0 Å². The number of anilines is 1. The Balaban J connectivity index is 2.37. The molecule has 7 nitrogen and oxygen atoms in total. The van der Waals surface area contributed by atoms with Gasteiger partial charge in [0.25, 0.3) is 0 Å². The molecule has 1 N–H and O–H groups in total. The quantitative estimate of drug-likeness (QED) is 0.658. The van der Waals surface area contributed by atoms with Gasteiger partial charge in [0.2, 0.25) is 0 Å². The lowest BCUT2D eigenvalue weighted by atomic mass is 9.93. The molecule has 1 aliphatic heterocycles. The van der Waals surface area contributed by atoms with E-state index in [0.29, 0.717) is 18.6 Å².